The number of esters is 1. The molecule has 0 radical (unpaired) electrons. The van der Waals surface area contributed by atoms with Crippen molar-refractivity contribution in [3.8, 4) is 17.0 Å². The maximum Gasteiger partial charge on any atom is 0.340 e. The number of halogens is 1. The first-order valence-electron chi connectivity index (χ1n) is 12.6. The topological polar surface area (TPSA) is 93.5 Å². The molecule has 0 saturated heterocycles. The summed E-state index contributed by atoms with van der Waals surface area (Å²) >= 11 is 6.66. The second-order valence-corrected chi connectivity index (χ2v) is 10.5. The largest absolute Gasteiger partial charge is 0.480 e. The number of ether oxygens (including phenoxy) is 2. The summed E-state index contributed by atoms with van der Waals surface area (Å²) in [6.07, 6.45) is 8.75. The number of hydrogen-bond acceptors (Lipinski definition) is 6. The number of anilines is 1. The summed E-state index contributed by atoms with van der Waals surface area (Å²) in [6, 6.07) is 7.65. The number of carbonyl (C=O) groups excluding carboxylic acids is 1. The van der Waals surface area contributed by atoms with Gasteiger partial charge in [0.2, 0.25) is 5.88 Å². The SMILES string of the molecule is COc1nc(N(C)CCCCCCCCN)ccc1-c1cc2c(C(=O)OC(C)(C)C)c[nH]c2cc1Cl. The molecule has 0 aliphatic rings. The zero-order valence-corrected chi connectivity index (χ0v) is 22.9. The molecule has 0 atom stereocenters. The lowest BCUT2D eigenvalue weighted by molar-refractivity contribution is 0.00719. The van der Waals surface area contributed by atoms with Crippen molar-refractivity contribution in [3.05, 3.63) is 41.0 Å². The van der Waals surface area contributed by atoms with Gasteiger partial charge in [-0.1, -0.05) is 37.3 Å². The number of hydrogen-bond donors (Lipinski definition) is 2. The van der Waals surface area contributed by atoms with Crippen molar-refractivity contribution in [2.45, 2.75) is 64.9 Å². The van der Waals surface area contributed by atoms with E-state index in [1.807, 2.05) is 52.1 Å². The number of fused-ring (bicyclic) bond motifs is 1. The van der Waals surface area contributed by atoms with E-state index in [9.17, 15) is 4.79 Å². The number of H-pyrrole nitrogens is 1. The van der Waals surface area contributed by atoms with E-state index >= 15 is 0 Å². The summed E-state index contributed by atoms with van der Waals surface area (Å²) in [7, 11) is 3.65. The molecule has 196 valence electrons. The van der Waals surface area contributed by atoms with E-state index in [0.29, 0.717) is 16.5 Å². The molecule has 0 bridgehead atoms. The molecule has 3 N–H and O–H groups in total. The molecular formula is C28H39ClN4O3. The number of nitrogens with two attached hydrogens (primary N) is 1. The Labute approximate surface area is 219 Å². The molecule has 0 unspecified atom stereocenters. The molecule has 0 spiro atoms. The maximum atomic E-state index is 12.8. The van der Waals surface area contributed by atoms with Crippen LogP contribution in [0.4, 0.5) is 5.82 Å². The van der Waals surface area contributed by atoms with E-state index in [0.717, 1.165) is 53.8 Å². The van der Waals surface area contributed by atoms with Crippen LogP contribution in [-0.2, 0) is 4.74 Å². The molecule has 2 aromatic heterocycles. The van der Waals surface area contributed by atoms with Gasteiger partial charge in [0.25, 0.3) is 0 Å². The van der Waals surface area contributed by atoms with Crippen LogP contribution in [0.3, 0.4) is 0 Å². The number of benzene rings is 1. The Bertz CT molecular complexity index is 1170. The fourth-order valence-electron chi connectivity index (χ4n) is 4.17. The summed E-state index contributed by atoms with van der Waals surface area (Å²) in [5.41, 5.74) is 7.70. The van der Waals surface area contributed by atoms with Gasteiger partial charge in [0.1, 0.15) is 11.4 Å². The third kappa shape index (κ3) is 7.14. The molecule has 0 saturated carbocycles. The van der Waals surface area contributed by atoms with Gasteiger partial charge in [-0.2, -0.15) is 4.98 Å². The van der Waals surface area contributed by atoms with E-state index < -0.39 is 5.60 Å². The normalized spacial score (nSPS) is 11.6. The van der Waals surface area contributed by atoms with Gasteiger partial charge in [0.05, 0.1) is 17.7 Å². The summed E-state index contributed by atoms with van der Waals surface area (Å²) in [5, 5.41) is 1.27. The van der Waals surface area contributed by atoms with Crippen LogP contribution in [0.15, 0.2) is 30.5 Å². The average molecular weight is 515 g/mol. The number of carbonyl (C=O) groups is 1. The van der Waals surface area contributed by atoms with Crippen LogP contribution in [0.2, 0.25) is 5.02 Å². The van der Waals surface area contributed by atoms with E-state index in [1.54, 1.807) is 13.3 Å². The van der Waals surface area contributed by atoms with Gasteiger partial charge < -0.3 is 25.1 Å². The molecule has 3 rings (SSSR count). The zero-order chi connectivity index (χ0) is 26.3. The Kier molecular flexibility index (Phi) is 9.63. The Morgan fingerprint density at radius 3 is 2.44 bits per heavy atom. The Balaban J connectivity index is 1.80. The molecule has 0 aliphatic heterocycles. The Hall–Kier alpha value is -2.77. The van der Waals surface area contributed by atoms with E-state index in [-0.39, 0.29) is 5.97 Å². The van der Waals surface area contributed by atoms with Crippen molar-refractivity contribution in [1.29, 1.82) is 0 Å². The molecule has 36 heavy (non-hydrogen) atoms. The third-order valence-corrected chi connectivity index (χ3v) is 6.37. The van der Waals surface area contributed by atoms with Crippen LogP contribution in [0.5, 0.6) is 5.88 Å². The molecule has 0 aliphatic carbocycles. The number of unbranched alkanes of at least 4 members (excludes halogenated alkanes) is 5. The third-order valence-electron chi connectivity index (χ3n) is 6.06. The molecule has 2 heterocycles. The zero-order valence-electron chi connectivity index (χ0n) is 22.1. The molecular weight excluding hydrogens is 476 g/mol. The lowest BCUT2D eigenvalue weighted by Crippen LogP contribution is -2.23. The first-order valence-corrected chi connectivity index (χ1v) is 13.0. The second kappa shape index (κ2) is 12.5. The average Bonchev–Trinajstić information content (AvgIpc) is 3.24. The number of aromatic amines is 1. The van der Waals surface area contributed by atoms with Gasteiger partial charge in [-0.3, -0.25) is 0 Å². The van der Waals surface area contributed by atoms with Crippen LogP contribution in [0.1, 0.15) is 69.7 Å². The fourth-order valence-corrected chi connectivity index (χ4v) is 4.44. The minimum absolute atomic E-state index is 0.386. The number of nitrogens with zero attached hydrogens (tertiary/aromatic N) is 2. The molecule has 7 nitrogen and oxygen atoms in total. The van der Waals surface area contributed by atoms with Crippen LogP contribution < -0.4 is 15.4 Å². The van der Waals surface area contributed by atoms with Crippen LogP contribution >= 0.6 is 11.6 Å². The molecule has 3 aromatic rings. The monoisotopic (exact) mass is 514 g/mol. The molecule has 8 heteroatoms. The predicted octanol–water partition coefficient (Wildman–Crippen LogP) is 6.58. The number of pyridine rings is 1. The first kappa shape index (κ1) is 27.8. The lowest BCUT2D eigenvalue weighted by Gasteiger charge is -2.20. The van der Waals surface area contributed by atoms with Gasteiger partial charge in [-0.25, -0.2) is 4.79 Å². The van der Waals surface area contributed by atoms with Crippen LogP contribution in [0.25, 0.3) is 22.0 Å². The van der Waals surface area contributed by atoms with Gasteiger partial charge in [0, 0.05) is 41.8 Å². The highest BCUT2D eigenvalue weighted by molar-refractivity contribution is 6.34. The number of methoxy groups -OCH3 is 1. The highest BCUT2D eigenvalue weighted by Gasteiger charge is 2.22. The minimum Gasteiger partial charge on any atom is -0.480 e. The summed E-state index contributed by atoms with van der Waals surface area (Å²) in [6.45, 7) is 7.24. The van der Waals surface area contributed by atoms with Crippen molar-refractivity contribution in [3.63, 3.8) is 0 Å². The Morgan fingerprint density at radius 1 is 1.08 bits per heavy atom. The van der Waals surface area contributed by atoms with Crippen molar-refractivity contribution >= 4 is 34.3 Å². The standard InChI is InChI=1S/C28H39ClN4O3/c1-28(2,3)36-27(34)22-18-31-24-17-23(29)20(16-21(22)24)19-12-13-25(32-26(19)35-5)33(4)15-11-9-7-6-8-10-14-30/h12-13,16-18,31H,6-11,14-15,30H2,1-5H3. The van der Waals surface area contributed by atoms with Gasteiger partial charge in [-0.05, 0) is 64.4 Å². The van der Waals surface area contributed by atoms with Crippen molar-refractivity contribution in [1.82, 2.24) is 9.97 Å². The maximum absolute atomic E-state index is 12.8. The van der Waals surface area contributed by atoms with Crippen LogP contribution in [-0.4, -0.2) is 48.8 Å². The lowest BCUT2D eigenvalue weighted by atomic mass is 10.0. The highest BCUT2D eigenvalue weighted by atomic mass is 35.5. The predicted molar refractivity (Wildman–Crippen MR) is 148 cm³/mol. The number of nitrogens with one attached hydrogen (secondary N) is 1. The smallest absolute Gasteiger partial charge is 0.340 e. The van der Waals surface area contributed by atoms with Gasteiger partial charge >= 0.3 is 5.97 Å². The number of rotatable bonds is 12. The highest BCUT2D eigenvalue weighted by Crippen LogP contribution is 2.38. The molecule has 0 fully saturated rings. The van der Waals surface area contributed by atoms with E-state index in [4.69, 9.17) is 31.8 Å². The van der Waals surface area contributed by atoms with Crippen LogP contribution in [0, 0.1) is 0 Å². The first-order chi connectivity index (χ1) is 17.1. The number of aromatic nitrogens is 2. The second-order valence-electron chi connectivity index (χ2n) is 10.1. The van der Waals surface area contributed by atoms with Gasteiger partial charge in [0.15, 0.2) is 0 Å². The Morgan fingerprint density at radius 2 is 1.78 bits per heavy atom. The molecule has 1 aromatic carbocycles. The summed E-state index contributed by atoms with van der Waals surface area (Å²) < 4.78 is 11.2. The van der Waals surface area contributed by atoms with Crippen molar-refractivity contribution in [2.24, 2.45) is 5.73 Å². The van der Waals surface area contributed by atoms with Crippen molar-refractivity contribution < 1.29 is 14.3 Å². The molecule has 0 amide bonds. The summed E-state index contributed by atoms with van der Waals surface area (Å²) in [4.78, 5) is 22.8. The van der Waals surface area contributed by atoms with Gasteiger partial charge in [-0.15, -0.1) is 0 Å². The van der Waals surface area contributed by atoms with Crippen molar-refractivity contribution in [2.75, 3.05) is 32.1 Å². The van der Waals surface area contributed by atoms with E-state index in [1.165, 1.54) is 25.7 Å². The van der Waals surface area contributed by atoms with E-state index in [2.05, 4.69) is 9.88 Å². The minimum atomic E-state index is -0.588. The fraction of sp³-hybridized carbons (Fsp3) is 0.500. The quantitative estimate of drug-likeness (QED) is 0.209. The summed E-state index contributed by atoms with van der Waals surface area (Å²) in [5.74, 6) is 0.937.